The van der Waals surface area contributed by atoms with E-state index in [4.69, 9.17) is 0 Å². The SMILES string of the molecule is CN(C)C(CNC(=O)c1ccccc1NC(=O)c1ccccc1)Cc1ccccc1. The van der Waals surface area contributed by atoms with Crippen LogP contribution in [-0.4, -0.2) is 43.4 Å². The number of hydrogen-bond donors (Lipinski definition) is 2. The van der Waals surface area contributed by atoms with E-state index in [1.54, 1.807) is 36.4 Å². The Balaban J connectivity index is 1.67. The first kappa shape index (κ1) is 21.3. The number of carbonyl (C=O) groups is 2. The van der Waals surface area contributed by atoms with Crippen molar-refractivity contribution in [3.63, 3.8) is 0 Å². The lowest BCUT2D eigenvalue weighted by atomic mass is 10.0. The molecule has 0 aliphatic carbocycles. The van der Waals surface area contributed by atoms with E-state index in [1.165, 1.54) is 5.56 Å². The van der Waals surface area contributed by atoms with Crippen LogP contribution >= 0.6 is 0 Å². The van der Waals surface area contributed by atoms with Crippen LogP contribution < -0.4 is 10.6 Å². The third-order valence-electron chi connectivity index (χ3n) is 5.00. The van der Waals surface area contributed by atoms with Gasteiger partial charge in [0.2, 0.25) is 0 Å². The quantitative estimate of drug-likeness (QED) is 0.603. The highest BCUT2D eigenvalue weighted by molar-refractivity contribution is 6.08. The molecule has 0 saturated carbocycles. The third-order valence-corrected chi connectivity index (χ3v) is 5.00. The average Bonchev–Trinajstić information content (AvgIpc) is 2.78. The summed E-state index contributed by atoms with van der Waals surface area (Å²) in [6.45, 7) is 0.502. The molecule has 0 heterocycles. The number of benzene rings is 3. The molecule has 0 saturated heterocycles. The molecule has 0 bridgehead atoms. The van der Waals surface area contributed by atoms with Crippen LogP contribution in [-0.2, 0) is 6.42 Å². The first-order valence-electron chi connectivity index (χ1n) is 9.98. The van der Waals surface area contributed by atoms with Crippen molar-refractivity contribution in [1.82, 2.24) is 10.2 Å². The second kappa shape index (κ2) is 10.4. The number of likely N-dealkylation sites (N-methyl/N-ethyl adjacent to an activating group) is 1. The summed E-state index contributed by atoms with van der Waals surface area (Å²) in [6, 6.07) is 26.4. The lowest BCUT2D eigenvalue weighted by Gasteiger charge is -2.25. The number of nitrogens with zero attached hydrogens (tertiary/aromatic N) is 1. The zero-order valence-corrected chi connectivity index (χ0v) is 17.3. The van der Waals surface area contributed by atoms with E-state index >= 15 is 0 Å². The van der Waals surface area contributed by atoms with Gasteiger partial charge in [0.25, 0.3) is 11.8 Å². The molecule has 1 atom stereocenters. The number of para-hydroxylation sites is 1. The van der Waals surface area contributed by atoms with Crippen LogP contribution in [0.25, 0.3) is 0 Å². The van der Waals surface area contributed by atoms with Crippen LogP contribution in [0.3, 0.4) is 0 Å². The molecule has 5 heteroatoms. The number of carbonyl (C=O) groups excluding carboxylic acids is 2. The van der Waals surface area contributed by atoms with Gasteiger partial charge in [-0.15, -0.1) is 0 Å². The smallest absolute Gasteiger partial charge is 0.255 e. The van der Waals surface area contributed by atoms with Gasteiger partial charge in [0.1, 0.15) is 0 Å². The fourth-order valence-corrected chi connectivity index (χ4v) is 3.20. The Morgan fingerprint density at radius 2 is 1.40 bits per heavy atom. The van der Waals surface area contributed by atoms with Crippen LogP contribution in [0.4, 0.5) is 5.69 Å². The minimum atomic E-state index is -0.244. The molecule has 2 amide bonds. The van der Waals surface area contributed by atoms with Crippen LogP contribution in [0.2, 0.25) is 0 Å². The Bertz CT molecular complexity index is 972. The summed E-state index contributed by atoms with van der Waals surface area (Å²) in [5, 5.41) is 5.87. The van der Waals surface area contributed by atoms with Gasteiger partial charge in [0.15, 0.2) is 0 Å². The summed E-state index contributed by atoms with van der Waals surface area (Å²) in [7, 11) is 4.02. The summed E-state index contributed by atoms with van der Waals surface area (Å²) >= 11 is 0. The highest BCUT2D eigenvalue weighted by Gasteiger charge is 2.17. The van der Waals surface area contributed by atoms with Gasteiger partial charge in [0.05, 0.1) is 11.3 Å². The zero-order chi connectivity index (χ0) is 21.3. The van der Waals surface area contributed by atoms with Crippen molar-refractivity contribution in [3.05, 3.63) is 102 Å². The maximum atomic E-state index is 12.9. The molecule has 3 aromatic rings. The highest BCUT2D eigenvalue weighted by Crippen LogP contribution is 2.16. The largest absolute Gasteiger partial charge is 0.350 e. The molecule has 0 aromatic heterocycles. The van der Waals surface area contributed by atoms with Crippen LogP contribution in [0.1, 0.15) is 26.3 Å². The maximum absolute atomic E-state index is 12.9. The summed E-state index contributed by atoms with van der Waals surface area (Å²) in [5.41, 5.74) is 2.71. The number of hydrogen-bond acceptors (Lipinski definition) is 3. The van der Waals surface area contributed by atoms with Crippen molar-refractivity contribution >= 4 is 17.5 Å². The minimum absolute atomic E-state index is 0.155. The number of rotatable bonds is 8. The van der Waals surface area contributed by atoms with E-state index < -0.39 is 0 Å². The predicted molar refractivity (Wildman–Crippen MR) is 121 cm³/mol. The minimum Gasteiger partial charge on any atom is -0.350 e. The summed E-state index contributed by atoms with van der Waals surface area (Å²) < 4.78 is 0. The molecule has 1 unspecified atom stereocenters. The zero-order valence-electron chi connectivity index (χ0n) is 17.3. The third kappa shape index (κ3) is 5.78. The van der Waals surface area contributed by atoms with Gasteiger partial charge in [-0.05, 0) is 50.3 Å². The molecular weight excluding hydrogens is 374 g/mol. The molecule has 0 fully saturated rings. The van der Waals surface area contributed by atoms with Crippen molar-refractivity contribution in [1.29, 1.82) is 0 Å². The van der Waals surface area contributed by atoms with Crippen molar-refractivity contribution < 1.29 is 9.59 Å². The molecule has 5 nitrogen and oxygen atoms in total. The fourth-order valence-electron chi connectivity index (χ4n) is 3.20. The molecule has 154 valence electrons. The van der Waals surface area contributed by atoms with E-state index in [-0.39, 0.29) is 17.9 Å². The van der Waals surface area contributed by atoms with Gasteiger partial charge >= 0.3 is 0 Å². The lowest BCUT2D eigenvalue weighted by Crippen LogP contribution is -2.41. The summed E-state index contributed by atoms with van der Waals surface area (Å²) in [5.74, 6) is -0.454. The van der Waals surface area contributed by atoms with Crippen LogP contribution in [0.15, 0.2) is 84.9 Å². The van der Waals surface area contributed by atoms with E-state index in [1.807, 2.05) is 50.5 Å². The first-order valence-corrected chi connectivity index (χ1v) is 9.98. The van der Waals surface area contributed by atoms with Gasteiger partial charge in [-0.25, -0.2) is 0 Å². The van der Waals surface area contributed by atoms with Gasteiger partial charge in [-0.3, -0.25) is 9.59 Å². The predicted octanol–water partition coefficient (Wildman–Crippen LogP) is 3.84. The Labute approximate surface area is 177 Å². The van der Waals surface area contributed by atoms with Gasteiger partial charge in [-0.1, -0.05) is 60.7 Å². The van der Waals surface area contributed by atoms with E-state index in [0.29, 0.717) is 23.4 Å². The van der Waals surface area contributed by atoms with Crippen molar-refractivity contribution in [2.24, 2.45) is 0 Å². The Hall–Kier alpha value is -3.44. The lowest BCUT2D eigenvalue weighted by molar-refractivity contribution is 0.0942. The molecule has 0 spiro atoms. The summed E-state index contributed by atoms with van der Waals surface area (Å²) in [6.07, 6.45) is 0.834. The fraction of sp³-hybridized carbons (Fsp3) is 0.200. The van der Waals surface area contributed by atoms with Crippen molar-refractivity contribution in [2.45, 2.75) is 12.5 Å². The number of nitrogens with one attached hydrogen (secondary N) is 2. The van der Waals surface area contributed by atoms with Crippen molar-refractivity contribution in [2.75, 3.05) is 26.0 Å². The molecule has 0 aliphatic heterocycles. The van der Waals surface area contributed by atoms with Gasteiger partial charge in [0, 0.05) is 18.2 Å². The molecular formula is C25H27N3O2. The monoisotopic (exact) mass is 401 g/mol. The van der Waals surface area contributed by atoms with E-state index in [9.17, 15) is 9.59 Å². The topological polar surface area (TPSA) is 61.4 Å². The number of anilines is 1. The Morgan fingerprint density at radius 1 is 0.800 bits per heavy atom. The molecule has 3 rings (SSSR count). The summed E-state index contributed by atoms with van der Waals surface area (Å²) in [4.78, 5) is 27.5. The Morgan fingerprint density at radius 3 is 2.07 bits per heavy atom. The van der Waals surface area contributed by atoms with Crippen LogP contribution in [0.5, 0.6) is 0 Å². The van der Waals surface area contributed by atoms with E-state index in [0.717, 1.165) is 6.42 Å². The highest BCUT2D eigenvalue weighted by atomic mass is 16.2. The number of amides is 2. The molecule has 30 heavy (non-hydrogen) atoms. The van der Waals surface area contributed by atoms with Gasteiger partial charge < -0.3 is 15.5 Å². The maximum Gasteiger partial charge on any atom is 0.255 e. The second-order valence-electron chi connectivity index (χ2n) is 7.38. The Kier molecular flexibility index (Phi) is 7.35. The van der Waals surface area contributed by atoms with E-state index in [2.05, 4.69) is 27.7 Å². The molecule has 0 aliphatic rings. The molecule has 0 radical (unpaired) electrons. The average molecular weight is 402 g/mol. The first-order chi connectivity index (χ1) is 14.5. The normalized spacial score (nSPS) is 11.7. The molecule has 2 N–H and O–H groups in total. The second-order valence-corrected chi connectivity index (χ2v) is 7.38. The van der Waals surface area contributed by atoms with Crippen molar-refractivity contribution in [3.8, 4) is 0 Å². The standard InChI is InChI=1S/C25H27N3O2/c1-28(2)21(17-19-11-5-3-6-12-19)18-26-25(30)22-15-9-10-16-23(22)27-24(29)20-13-7-4-8-14-20/h3-16,21H,17-18H2,1-2H3,(H,26,30)(H,27,29). The van der Waals surface area contributed by atoms with Crippen LogP contribution in [0, 0.1) is 0 Å². The molecule has 3 aromatic carbocycles. The van der Waals surface area contributed by atoms with Gasteiger partial charge in [-0.2, -0.15) is 0 Å².